The van der Waals surface area contributed by atoms with Gasteiger partial charge in [0.15, 0.2) is 0 Å². The predicted molar refractivity (Wildman–Crippen MR) is 37.9 cm³/mol. The van der Waals surface area contributed by atoms with Crippen LogP contribution in [-0.2, 0) is 9.53 Å². The maximum Gasteiger partial charge on any atom is 0.309 e. The average Bonchev–Trinajstić information content (AvgIpc) is 2.45. The lowest BCUT2D eigenvalue weighted by molar-refractivity contribution is -0.150. The minimum atomic E-state index is -0.544. The van der Waals surface area contributed by atoms with Crippen LogP contribution < -0.4 is 0 Å². The summed E-state index contributed by atoms with van der Waals surface area (Å²) in [5, 5.41) is 9.50. The van der Waals surface area contributed by atoms with Crippen LogP contribution in [0.4, 0.5) is 0 Å². The first kappa shape index (κ1) is 7.10. The molecule has 0 amide bonds. The number of aliphatic hydroxyl groups is 1. The Morgan fingerprint density at radius 3 is 2.55 bits per heavy atom. The highest BCUT2D eigenvalue weighted by atomic mass is 16.6. The van der Waals surface area contributed by atoms with Gasteiger partial charge >= 0.3 is 5.97 Å². The number of carbonyl (C=O) groups excluding carboxylic acids is 1. The second kappa shape index (κ2) is 2.21. The molecular weight excluding hydrogens is 144 g/mol. The molecule has 0 aromatic heterocycles. The van der Waals surface area contributed by atoms with Crippen LogP contribution >= 0.6 is 0 Å². The van der Waals surface area contributed by atoms with Gasteiger partial charge in [-0.2, -0.15) is 0 Å². The minimum Gasteiger partial charge on any atom is -0.456 e. The molecule has 1 aliphatic carbocycles. The van der Waals surface area contributed by atoms with Gasteiger partial charge in [-0.05, 0) is 25.7 Å². The highest BCUT2D eigenvalue weighted by molar-refractivity contribution is 5.73. The number of ether oxygens (including phenoxy) is 1. The molecule has 1 N–H and O–H groups in total. The third kappa shape index (κ3) is 0.948. The molecule has 2 rings (SSSR count). The summed E-state index contributed by atoms with van der Waals surface area (Å²) >= 11 is 0. The lowest BCUT2D eigenvalue weighted by atomic mass is 9.95. The number of esters is 1. The molecule has 3 nitrogen and oxygen atoms in total. The van der Waals surface area contributed by atoms with Crippen LogP contribution in [0.1, 0.15) is 32.1 Å². The Balaban J connectivity index is 2.18. The van der Waals surface area contributed by atoms with Gasteiger partial charge in [0, 0.05) is 0 Å². The van der Waals surface area contributed by atoms with Crippen LogP contribution in [-0.4, -0.2) is 22.8 Å². The van der Waals surface area contributed by atoms with Crippen LogP contribution in [0.15, 0.2) is 0 Å². The van der Waals surface area contributed by atoms with E-state index >= 15 is 0 Å². The van der Waals surface area contributed by atoms with Gasteiger partial charge < -0.3 is 9.84 Å². The molecule has 1 spiro atoms. The van der Waals surface area contributed by atoms with Crippen molar-refractivity contribution in [3.05, 3.63) is 0 Å². The lowest BCUT2D eigenvalue weighted by Crippen LogP contribution is -2.35. The molecule has 0 aromatic carbocycles. The van der Waals surface area contributed by atoms with Gasteiger partial charge in [0.05, 0.1) is 6.42 Å². The fourth-order valence-corrected chi connectivity index (χ4v) is 2.09. The normalized spacial score (nSPS) is 34.6. The monoisotopic (exact) mass is 156 g/mol. The summed E-state index contributed by atoms with van der Waals surface area (Å²) in [5.74, 6) is -0.237. The van der Waals surface area contributed by atoms with Crippen LogP contribution in [0.3, 0.4) is 0 Å². The molecule has 3 heteroatoms. The van der Waals surface area contributed by atoms with Gasteiger partial charge in [-0.3, -0.25) is 4.79 Å². The van der Waals surface area contributed by atoms with Crippen LogP contribution in [0.5, 0.6) is 0 Å². The van der Waals surface area contributed by atoms with E-state index in [2.05, 4.69) is 0 Å². The van der Waals surface area contributed by atoms with Crippen molar-refractivity contribution in [2.24, 2.45) is 0 Å². The molecule has 0 bridgehead atoms. The fraction of sp³-hybridized carbons (Fsp3) is 0.875. The zero-order valence-electron chi connectivity index (χ0n) is 6.38. The first-order chi connectivity index (χ1) is 5.23. The maximum atomic E-state index is 10.8. The Morgan fingerprint density at radius 1 is 1.45 bits per heavy atom. The number of aliphatic hydroxyl groups excluding tert-OH is 1. The summed E-state index contributed by atoms with van der Waals surface area (Å²) < 4.78 is 5.13. The van der Waals surface area contributed by atoms with Crippen molar-refractivity contribution in [2.75, 3.05) is 0 Å². The second-order valence-electron chi connectivity index (χ2n) is 3.47. The van der Waals surface area contributed by atoms with E-state index in [-0.39, 0.29) is 12.4 Å². The highest BCUT2D eigenvalue weighted by Crippen LogP contribution is 2.41. The highest BCUT2D eigenvalue weighted by Gasteiger charge is 2.49. The Bertz CT molecular complexity index is 182. The standard InChI is InChI=1S/C8H12O3/c9-6-5-7(10)11-8(6)3-1-2-4-8/h6,9H,1-5H2. The second-order valence-corrected chi connectivity index (χ2v) is 3.47. The topological polar surface area (TPSA) is 46.5 Å². The van der Waals surface area contributed by atoms with Crippen molar-refractivity contribution in [3.63, 3.8) is 0 Å². The van der Waals surface area contributed by atoms with Crippen molar-refractivity contribution in [1.82, 2.24) is 0 Å². The molecule has 11 heavy (non-hydrogen) atoms. The maximum absolute atomic E-state index is 10.8. The van der Waals surface area contributed by atoms with Crippen LogP contribution in [0.2, 0.25) is 0 Å². The summed E-state index contributed by atoms with van der Waals surface area (Å²) in [5.41, 5.74) is -0.475. The van der Waals surface area contributed by atoms with Gasteiger partial charge in [0.2, 0.25) is 0 Å². The average molecular weight is 156 g/mol. The first-order valence-corrected chi connectivity index (χ1v) is 4.13. The SMILES string of the molecule is O=C1CC(O)C2(CCCC2)O1. The Labute approximate surface area is 65.4 Å². The van der Waals surface area contributed by atoms with E-state index < -0.39 is 11.7 Å². The van der Waals surface area contributed by atoms with Crippen molar-refractivity contribution in [3.8, 4) is 0 Å². The van der Waals surface area contributed by atoms with Gasteiger partial charge in [-0.15, -0.1) is 0 Å². The molecule has 1 aliphatic heterocycles. The molecule has 0 aromatic rings. The van der Waals surface area contributed by atoms with E-state index in [0.717, 1.165) is 25.7 Å². The van der Waals surface area contributed by atoms with Gasteiger partial charge in [-0.1, -0.05) is 0 Å². The number of rotatable bonds is 0. The summed E-state index contributed by atoms with van der Waals surface area (Å²) in [6, 6.07) is 0. The molecule has 1 saturated heterocycles. The predicted octanol–water partition coefficient (Wildman–Crippen LogP) is 0.607. The third-order valence-corrected chi connectivity index (χ3v) is 2.73. The summed E-state index contributed by atoms with van der Waals surface area (Å²) in [7, 11) is 0. The molecule has 0 radical (unpaired) electrons. The Hall–Kier alpha value is -0.570. The van der Waals surface area contributed by atoms with Crippen LogP contribution in [0.25, 0.3) is 0 Å². The van der Waals surface area contributed by atoms with Gasteiger partial charge in [0.25, 0.3) is 0 Å². The van der Waals surface area contributed by atoms with E-state index in [4.69, 9.17) is 4.74 Å². The summed E-state index contributed by atoms with van der Waals surface area (Å²) in [4.78, 5) is 10.8. The molecule has 1 saturated carbocycles. The Morgan fingerprint density at radius 2 is 2.09 bits per heavy atom. The number of hydrogen-bond donors (Lipinski definition) is 1. The van der Waals surface area contributed by atoms with Crippen LogP contribution in [0, 0.1) is 0 Å². The largest absolute Gasteiger partial charge is 0.456 e. The van der Waals surface area contributed by atoms with Crippen molar-refractivity contribution in [2.45, 2.75) is 43.8 Å². The zero-order chi connectivity index (χ0) is 7.90. The number of hydrogen-bond acceptors (Lipinski definition) is 3. The summed E-state index contributed by atoms with van der Waals surface area (Å²) in [6.07, 6.45) is 3.49. The van der Waals surface area contributed by atoms with Gasteiger partial charge in [0.1, 0.15) is 11.7 Å². The quantitative estimate of drug-likeness (QED) is 0.522. The van der Waals surface area contributed by atoms with E-state index in [1.165, 1.54) is 0 Å². The molecule has 62 valence electrons. The fourth-order valence-electron chi connectivity index (χ4n) is 2.09. The molecule has 1 atom stereocenters. The molecule has 2 fully saturated rings. The van der Waals surface area contributed by atoms with Crippen molar-refractivity contribution >= 4 is 5.97 Å². The molecule has 1 heterocycles. The van der Waals surface area contributed by atoms with Crippen molar-refractivity contribution in [1.29, 1.82) is 0 Å². The first-order valence-electron chi connectivity index (χ1n) is 4.13. The third-order valence-electron chi connectivity index (χ3n) is 2.73. The zero-order valence-corrected chi connectivity index (χ0v) is 6.38. The smallest absolute Gasteiger partial charge is 0.309 e. The minimum absolute atomic E-state index is 0.194. The van der Waals surface area contributed by atoms with Gasteiger partial charge in [-0.25, -0.2) is 0 Å². The lowest BCUT2D eigenvalue weighted by Gasteiger charge is -2.24. The molecular formula is C8H12O3. The molecule has 2 aliphatic rings. The number of carbonyl (C=O) groups is 1. The van der Waals surface area contributed by atoms with E-state index in [1.807, 2.05) is 0 Å². The van der Waals surface area contributed by atoms with E-state index in [9.17, 15) is 9.90 Å². The van der Waals surface area contributed by atoms with E-state index in [1.54, 1.807) is 0 Å². The van der Waals surface area contributed by atoms with E-state index in [0.29, 0.717) is 0 Å². The summed E-state index contributed by atoms with van der Waals surface area (Å²) in [6.45, 7) is 0. The molecule has 1 unspecified atom stereocenters. The van der Waals surface area contributed by atoms with Crippen molar-refractivity contribution < 1.29 is 14.6 Å². The Kier molecular flexibility index (Phi) is 1.42.